The molecule has 0 saturated heterocycles. The number of unbranched alkanes of at least 4 members (excludes halogenated alkanes) is 5. The summed E-state index contributed by atoms with van der Waals surface area (Å²) in [5.41, 5.74) is 0.0418. The third kappa shape index (κ3) is 5.37. The lowest BCUT2D eigenvalue weighted by atomic mass is 9.70. The van der Waals surface area contributed by atoms with Crippen LogP contribution in [0.15, 0.2) is 0 Å². The van der Waals surface area contributed by atoms with E-state index < -0.39 is 35.0 Å². The van der Waals surface area contributed by atoms with E-state index >= 15 is 0 Å². The van der Waals surface area contributed by atoms with Crippen molar-refractivity contribution in [1.82, 2.24) is 16.4 Å². The van der Waals surface area contributed by atoms with Crippen molar-refractivity contribution in [3.63, 3.8) is 0 Å². The van der Waals surface area contributed by atoms with Crippen LogP contribution in [0.4, 0.5) is 0 Å². The molecule has 0 bridgehead atoms. The largest absolute Gasteiger partial charge is 0.481 e. The van der Waals surface area contributed by atoms with Gasteiger partial charge in [0.1, 0.15) is 0 Å². The Morgan fingerprint density at radius 3 is 1.56 bits per heavy atom. The molecule has 0 radical (unpaired) electrons. The highest BCUT2D eigenvalue weighted by Crippen LogP contribution is 2.34. The van der Waals surface area contributed by atoms with Gasteiger partial charge in [0.25, 0.3) is 17.7 Å². The molecule has 0 aromatic rings. The van der Waals surface area contributed by atoms with Crippen molar-refractivity contribution in [2.24, 2.45) is 11.3 Å². The van der Waals surface area contributed by atoms with Gasteiger partial charge in [-0.3, -0.25) is 34.8 Å². The Hall–Kier alpha value is -2.24. The molecule has 1 unspecified atom stereocenters. The SMILES string of the molecule is CCCCCCCCC(C(=O)O)C(C(=O)NO)(C(=O)NO)C(=O)NO. The van der Waals surface area contributed by atoms with Crippen LogP contribution in [-0.2, 0) is 19.2 Å². The maximum Gasteiger partial charge on any atom is 0.308 e. The summed E-state index contributed by atoms with van der Waals surface area (Å²) in [5.74, 6) is -8.67. The van der Waals surface area contributed by atoms with E-state index in [4.69, 9.17) is 15.6 Å². The van der Waals surface area contributed by atoms with Gasteiger partial charge in [0.05, 0.1) is 5.92 Å². The normalized spacial score (nSPS) is 12.2. The Morgan fingerprint density at radius 2 is 1.20 bits per heavy atom. The number of carbonyl (C=O) groups is 4. The Balaban J connectivity index is 5.57. The van der Waals surface area contributed by atoms with Crippen molar-refractivity contribution in [3.8, 4) is 0 Å². The standard InChI is InChI=1S/C14H25N3O8/c1-2-3-4-5-6-7-8-9(10(18)19)14(11(20)15-23,12(21)16-24)13(22)17-25/h9,23-25H,2-8H2,1H3,(H,15,20)(H,16,21)(H,17,22)(H,18,19). The van der Waals surface area contributed by atoms with E-state index in [1.54, 1.807) is 0 Å². The van der Waals surface area contributed by atoms with Gasteiger partial charge >= 0.3 is 5.97 Å². The minimum atomic E-state index is -3.09. The van der Waals surface area contributed by atoms with Gasteiger partial charge in [0.2, 0.25) is 5.41 Å². The first kappa shape index (κ1) is 22.8. The molecule has 0 heterocycles. The van der Waals surface area contributed by atoms with Crippen LogP contribution in [0.1, 0.15) is 51.9 Å². The lowest BCUT2D eigenvalue weighted by Gasteiger charge is -2.32. The minimum Gasteiger partial charge on any atom is -0.481 e. The number of amides is 3. The Labute approximate surface area is 144 Å². The second-order valence-electron chi connectivity index (χ2n) is 5.58. The van der Waals surface area contributed by atoms with Gasteiger partial charge in [-0.2, -0.15) is 0 Å². The summed E-state index contributed by atoms with van der Waals surface area (Å²) in [7, 11) is 0. The maximum atomic E-state index is 12.0. The quantitative estimate of drug-likeness (QED) is 0.109. The molecule has 0 aliphatic carbocycles. The first-order chi connectivity index (χ1) is 11.8. The smallest absolute Gasteiger partial charge is 0.308 e. The van der Waals surface area contributed by atoms with Crippen LogP contribution in [0, 0.1) is 11.3 Å². The number of hydroxylamine groups is 3. The summed E-state index contributed by atoms with van der Waals surface area (Å²) in [6.07, 6.45) is 4.38. The molecule has 0 fully saturated rings. The molecule has 0 aliphatic heterocycles. The molecule has 0 aromatic carbocycles. The van der Waals surface area contributed by atoms with E-state index in [0.717, 1.165) is 42.1 Å². The molecule has 11 heteroatoms. The monoisotopic (exact) mass is 363 g/mol. The third-order valence-electron chi connectivity index (χ3n) is 4.05. The van der Waals surface area contributed by atoms with Crippen LogP contribution in [0.25, 0.3) is 0 Å². The van der Waals surface area contributed by atoms with Gasteiger partial charge in [-0.25, -0.2) is 16.4 Å². The fraction of sp³-hybridized carbons (Fsp3) is 0.714. The number of aliphatic carboxylic acids is 1. The Kier molecular flexibility index (Phi) is 10.3. The number of carboxylic acids is 1. The third-order valence-corrected chi connectivity index (χ3v) is 4.05. The molecule has 25 heavy (non-hydrogen) atoms. The van der Waals surface area contributed by atoms with Crippen LogP contribution in [-0.4, -0.2) is 44.4 Å². The Bertz CT molecular complexity index is 442. The molecule has 11 nitrogen and oxygen atoms in total. The zero-order valence-electron chi connectivity index (χ0n) is 13.9. The summed E-state index contributed by atoms with van der Waals surface area (Å²) < 4.78 is 0. The van der Waals surface area contributed by atoms with Crippen molar-refractivity contribution in [2.75, 3.05) is 0 Å². The van der Waals surface area contributed by atoms with E-state index in [2.05, 4.69) is 0 Å². The first-order valence-electron chi connectivity index (χ1n) is 7.90. The Morgan fingerprint density at radius 1 is 0.800 bits per heavy atom. The van der Waals surface area contributed by atoms with Crippen molar-refractivity contribution in [1.29, 1.82) is 0 Å². The topological polar surface area (TPSA) is 185 Å². The molecule has 0 spiro atoms. The van der Waals surface area contributed by atoms with Crippen LogP contribution in [0.2, 0.25) is 0 Å². The highest BCUT2D eigenvalue weighted by Gasteiger charge is 2.61. The lowest BCUT2D eigenvalue weighted by Crippen LogP contribution is -2.63. The van der Waals surface area contributed by atoms with Gasteiger partial charge in [0, 0.05) is 0 Å². The fourth-order valence-electron chi connectivity index (χ4n) is 2.70. The van der Waals surface area contributed by atoms with Gasteiger partial charge in [0.15, 0.2) is 0 Å². The highest BCUT2D eigenvalue weighted by atomic mass is 16.5. The second-order valence-corrected chi connectivity index (χ2v) is 5.58. The van der Waals surface area contributed by atoms with Gasteiger partial charge < -0.3 is 5.11 Å². The molecule has 0 rings (SSSR count). The lowest BCUT2D eigenvalue weighted by molar-refractivity contribution is -0.175. The van der Waals surface area contributed by atoms with Crippen molar-refractivity contribution in [2.45, 2.75) is 51.9 Å². The first-order valence-corrected chi connectivity index (χ1v) is 7.90. The summed E-state index contributed by atoms with van der Waals surface area (Å²) in [6.45, 7) is 2.03. The number of carboxylic acid groups (broad SMARTS) is 1. The summed E-state index contributed by atoms with van der Waals surface area (Å²) >= 11 is 0. The number of hydrogen-bond donors (Lipinski definition) is 7. The molecule has 0 aromatic heterocycles. The van der Waals surface area contributed by atoms with E-state index in [9.17, 15) is 24.3 Å². The fourth-order valence-corrected chi connectivity index (χ4v) is 2.70. The molecule has 3 amide bonds. The van der Waals surface area contributed by atoms with E-state index in [-0.39, 0.29) is 12.8 Å². The summed E-state index contributed by atoms with van der Waals surface area (Å²) in [5, 5.41) is 35.9. The van der Waals surface area contributed by atoms with Crippen LogP contribution in [0.3, 0.4) is 0 Å². The van der Waals surface area contributed by atoms with Crippen LogP contribution < -0.4 is 16.4 Å². The van der Waals surface area contributed by atoms with Crippen molar-refractivity contribution >= 4 is 23.7 Å². The second kappa shape index (κ2) is 11.3. The molecule has 0 aliphatic rings. The summed E-state index contributed by atoms with van der Waals surface area (Å²) in [4.78, 5) is 47.5. The number of carbonyl (C=O) groups excluding carboxylic acids is 3. The van der Waals surface area contributed by atoms with Crippen LogP contribution >= 0.6 is 0 Å². The predicted molar refractivity (Wildman–Crippen MR) is 81.3 cm³/mol. The van der Waals surface area contributed by atoms with Gasteiger partial charge in [-0.05, 0) is 6.42 Å². The average molecular weight is 363 g/mol. The molecule has 1 atom stereocenters. The van der Waals surface area contributed by atoms with E-state index in [1.807, 2.05) is 6.92 Å². The van der Waals surface area contributed by atoms with Crippen LogP contribution in [0.5, 0.6) is 0 Å². The zero-order chi connectivity index (χ0) is 19.5. The predicted octanol–water partition coefficient (Wildman–Crippen LogP) is -0.0596. The summed E-state index contributed by atoms with van der Waals surface area (Å²) in [6, 6.07) is 0. The number of nitrogens with one attached hydrogen (secondary N) is 3. The highest BCUT2D eigenvalue weighted by molar-refractivity contribution is 6.24. The molecule has 0 saturated carbocycles. The van der Waals surface area contributed by atoms with Gasteiger partial charge in [-0.1, -0.05) is 45.4 Å². The number of hydrogen-bond acceptors (Lipinski definition) is 7. The molecular weight excluding hydrogens is 338 g/mol. The average Bonchev–Trinajstić information content (AvgIpc) is 2.61. The van der Waals surface area contributed by atoms with Crippen molar-refractivity contribution < 1.29 is 39.9 Å². The number of rotatable bonds is 12. The molecule has 7 N–H and O–H groups in total. The maximum absolute atomic E-state index is 12.0. The molecular formula is C14H25N3O8. The van der Waals surface area contributed by atoms with E-state index in [1.165, 1.54) is 0 Å². The molecule has 144 valence electrons. The van der Waals surface area contributed by atoms with Gasteiger partial charge in [-0.15, -0.1) is 0 Å². The van der Waals surface area contributed by atoms with E-state index in [0.29, 0.717) is 6.42 Å². The zero-order valence-corrected chi connectivity index (χ0v) is 13.9. The van der Waals surface area contributed by atoms with Crippen molar-refractivity contribution in [3.05, 3.63) is 0 Å². The minimum absolute atomic E-state index is 0.268.